The van der Waals surface area contributed by atoms with Gasteiger partial charge in [-0.25, -0.2) is 4.98 Å². The van der Waals surface area contributed by atoms with Crippen molar-refractivity contribution < 1.29 is 4.57 Å². The monoisotopic (exact) mass is 746 g/mol. The van der Waals surface area contributed by atoms with Crippen molar-refractivity contribution in [1.29, 1.82) is 0 Å². The number of fused-ring (bicyclic) bond motifs is 6. The van der Waals surface area contributed by atoms with E-state index in [-0.39, 0.29) is 0 Å². The second-order valence-corrected chi connectivity index (χ2v) is 17.4. The molecule has 0 radical (unpaired) electrons. The van der Waals surface area contributed by atoms with Crippen molar-refractivity contribution in [2.24, 2.45) is 0 Å². The van der Waals surface area contributed by atoms with E-state index in [0.717, 1.165) is 88.2 Å². The average molecular weight is 747 g/mol. The smallest absolute Gasteiger partial charge is 0.172 e. The number of para-hydroxylation sites is 1. The van der Waals surface area contributed by atoms with E-state index < -0.39 is 7.14 Å². The molecular weight excluding hydrogens is 712 g/mol. The molecule has 57 heavy (non-hydrogen) atoms. The second kappa shape index (κ2) is 13.3. The number of hydrogen-bond donors (Lipinski definition) is 0. The molecule has 0 saturated heterocycles. The average Bonchev–Trinajstić information content (AvgIpc) is 3.75. The highest BCUT2D eigenvalue weighted by molar-refractivity contribution is 7.86. The molecule has 3 nitrogen and oxygen atoms in total. The van der Waals surface area contributed by atoms with Crippen LogP contribution in [0.2, 0.25) is 0 Å². The van der Waals surface area contributed by atoms with Gasteiger partial charge in [0.05, 0.1) is 22.4 Å². The SMILES string of the molecule is O=P1(c2ccccc2)c2ccccc2-c2cc3c(cc21)c1ccccc1n3-c1ccc(-c2cc(-c3ccccc3)nc(-c3ccc(-c4ccccc4)cc3)c2)cc1. The zero-order valence-electron chi connectivity index (χ0n) is 31.0. The largest absolute Gasteiger partial charge is 0.309 e. The van der Waals surface area contributed by atoms with Gasteiger partial charge in [0, 0.05) is 43.5 Å². The molecule has 0 aliphatic carbocycles. The molecule has 0 spiro atoms. The van der Waals surface area contributed by atoms with Crippen LogP contribution in [-0.4, -0.2) is 9.55 Å². The molecular formula is C53H35N2OP. The Labute approximate surface area is 331 Å². The normalized spacial score (nSPS) is 14.5. The molecule has 1 aliphatic heterocycles. The van der Waals surface area contributed by atoms with Crippen LogP contribution >= 0.6 is 7.14 Å². The second-order valence-electron chi connectivity index (χ2n) is 14.7. The summed E-state index contributed by atoms with van der Waals surface area (Å²) in [6.07, 6.45) is 0. The molecule has 4 heteroatoms. The predicted molar refractivity (Wildman–Crippen MR) is 239 cm³/mol. The molecule has 2 aromatic heterocycles. The fourth-order valence-corrected chi connectivity index (χ4v) is 11.7. The van der Waals surface area contributed by atoms with Crippen molar-refractivity contribution in [3.8, 4) is 61.6 Å². The minimum absolute atomic E-state index is 0.869. The summed E-state index contributed by atoms with van der Waals surface area (Å²) in [5.41, 5.74) is 14.0. The Morgan fingerprint density at radius 2 is 0.895 bits per heavy atom. The fraction of sp³-hybridized carbons (Fsp3) is 0. The zero-order chi connectivity index (χ0) is 37.9. The molecule has 0 N–H and O–H groups in total. The first-order valence-electron chi connectivity index (χ1n) is 19.3. The summed E-state index contributed by atoms with van der Waals surface area (Å²) in [5.74, 6) is 0. The van der Waals surface area contributed by atoms with Crippen molar-refractivity contribution in [3.05, 3.63) is 212 Å². The van der Waals surface area contributed by atoms with E-state index in [2.05, 4.69) is 162 Å². The third-order valence-electron chi connectivity index (χ3n) is 11.4. The van der Waals surface area contributed by atoms with Crippen LogP contribution < -0.4 is 15.9 Å². The highest BCUT2D eigenvalue weighted by Gasteiger charge is 2.40. The van der Waals surface area contributed by atoms with Crippen LogP contribution in [0.15, 0.2) is 212 Å². The Morgan fingerprint density at radius 1 is 0.368 bits per heavy atom. The standard InChI is InChI=1S/C53H35N2OP/c56-57(43-18-8-3-9-19-43)52-23-13-11-21-45(52)47-34-51-46(35-53(47)57)44-20-10-12-22-50(44)55(51)42-30-28-38(29-31-42)41-32-48(39-16-6-2-7-17-39)54-49(33-41)40-26-24-37(25-27-40)36-14-4-1-5-15-36/h1-35H. The van der Waals surface area contributed by atoms with Gasteiger partial charge in [-0.1, -0.05) is 170 Å². The molecule has 1 atom stereocenters. The molecule has 0 fully saturated rings. The lowest BCUT2D eigenvalue weighted by Crippen LogP contribution is -2.20. The van der Waals surface area contributed by atoms with Gasteiger partial charge in [0.25, 0.3) is 0 Å². The molecule has 268 valence electrons. The van der Waals surface area contributed by atoms with Crippen LogP contribution in [0.1, 0.15) is 0 Å². The summed E-state index contributed by atoms with van der Waals surface area (Å²) in [4.78, 5) is 5.18. The molecule has 8 aromatic carbocycles. The summed E-state index contributed by atoms with van der Waals surface area (Å²) in [6.45, 7) is 0. The zero-order valence-corrected chi connectivity index (χ0v) is 31.9. The molecule has 11 rings (SSSR count). The third-order valence-corrected chi connectivity index (χ3v) is 14.6. The summed E-state index contributed by atoms with van der Waals surface area (Å²) < 4.78 is 17.7. The number of rotatable bonds is 6. The maximum Gasteiger partial charge on any atom is 0.172 e. The number of pyridine rings is 1. The van der Waals surface area contributed by atoms with Gasteiger partial charge in [-0.15, -0.1) is 0 Å². The third kappa shape index (κ3) is 5.43. The Morgan fingerprint density at radius 3 is 1.61 bits per heavy atom. The van der Waals surface area contributed by atoms with Gasteiger partial charge in [-0.2, -0.15) is 0 Å². The van der Waals surface area contributed by atoms with Gasteiger partial charge >= 0.3 is 0 Å². The Hall–Kier alpha value is -7.06. The minimum Gasteiger partial charge on any atom is -0.309 e. The van der Waals surface area contributed by atoms with Crippen LogP contribution in [-0.2, 0) is 4.57 Å². The first kappa shape index (κ1) is 33.3. The molecule has 1 aliphatic rings. The fourth-order valence-electron chi connectivity index (χ4n) is 8.65. The maximum atomic E-state index is 15.4. The lowest BCUT2D eigenvalue weighted by Gasteiger charge is -2.16. The summed E-state index contributed by atoms with van der Waals surface area (Å²) in [5, 5.41) is 4.94. The van der Waals surface area contributed by atoms with Crippen molar-refractivity contribution in [2.45, 2.75) is 0 Å². The topological polar surface area (TPSA) is 34.9 Å². The first-order chi connectivity index (χ1) is 28.1. The molecule has 0 saturated carbocycles. The van der Waals surface area contributed by atoms with Crippen molar-refractivity contribution in [2.75, 3.05) is 0 Å². The van der Waals surface area contributed by atoms with Crippen LogP contribution in [0, 0.1) is 0 Å². The summed E-state index contributed by atoms with van der Waals surface area (Å²) in [6, 6.07) is 74.1. The van der Waals surface area contributed by atoms with Gasteiger partial charge < -0.3 is 9.13 Å². The van der Waals surface area contributed by atoms with Gasteiger partial charge in [0.15, 0.2) is 7.14 Å². The van der Waals surface area contributed by atoms with E-state index >= 15 is 4.57 Å². The van der Waals surface area contributed by atoms with E-state index in [0.29, 0.717) is 0 Å². The van der Waals surface area contributed by atoms with Gasteiger partial charge in [-0.05, 0) is 75.8 Å². The molecule has 0 bridgehead atoms. The van der Waals surface area contributed by atoms with E-state index in [1.807, 2.05) is 54.6 Å². The predicted octanol–water partition coefficient (Wildman–Crippen LogP) is 12.5. The van der Waals surface area contributed by atoms with Gasteiger partial charge in [0.2, 0.25) is 0 Å². The maximum absolute atomic E-state index is 15.4. The van der Waals surface area contributed by atoms with Crippen LogP contribution in [0.25, 0.3) is 83.4 Å². The van der Waals surface area contributed by atoms with Gasteiger partial charge in [-0.3, -0.25) is 0 Å². The van der Waals surface area contributed by atoms with Crippen LogP contribution in [0.5, 0.6) is 0 Å². The summed E-state index contributed by atoms with van der Waals surface area (Å²) in [7, 11) is -3.07. The van der Waals surface area contributed by atoms with Crippen molar-refractivity contribution in [1.82, 2.24) is 9.55 Å². The van der Waals surface area contributed by atoms with E-state index in [9.17, 15) is 0 Å². The molecule has 1 unspecified atom stereocenters. The lowest BCUT2D eigenvalue weighted by atomic mass is 9.98. The van der Waals surface area contributed by atoms with Crippen molar-refractivity contribution >= 4 is 44.9 Å². The first-order valence-corrected chi connectivity index (χ1v) is 21.0. The quantitative estimate of drug-likeness (QED) is 0.159. The molecule has 10 aromatic rings. The van der Waals surface area contributed by atoms with Crippen LogP contribution in [0.4, 0.5) is 0 Å². The molecule has 0 amide bonds. The lowest BCUT2D eigenvalue weighted by molar-refractivity contribution is 0.593. The number of aromatic nitrogens is 2. The highest BCUT2D eigenvalue weighted by Crippen LogP contribution is 2.53. The molecule has 3 heterocycles. The number of nitrogens with zero attached hydrogens (tertiary/aromatic N) is 2. The van der Waals surface area contributed by atoms with Crippen LogP contribution in [0.3, 0.4) is 0 Å². The summed E-state index contributed by atoms with van der Waals surface area (Å²) >= 11 is 0. The number of benzene rings is 8. The Kier molecular flexibility index (Phi) is 7.77. The van der Waals surface area contributed by atoms with E-state index in [1.54, 1.807) is 0 Å². The Balaban J connectivity index is 1.04. The van der Waals surface area contributed by atoms with Crippen molar-refractivity contribution in [3.63, 3.8) is 0 Å². The highest BCUT2D eigenvalue weighted by atomic mass is 31.2. The Bertz CT molecular complexity index is 3170. The van der Waals surface area contributed by atoms with E-state index in [4.69, 9.17) is 4.98 Å². The number of hydrogen-bond acceptors (Lipinski definition) is 2. The minimum atomic E-state index is -3.07. The van der Waals surface area contributed by atoms with Gasteiger partial charge in [0.1, 0.15) is 0 Å². The van der Waals surface area contributed by atoms with E-state index in [1.165, 1.54) is 11.1 Å².